The van der Waals surface area contributed by atoms with Gasteiger partial charge < -0.3 is 64.7 Å². The van der Waals surface area contributed by atoms with Gasteiger partial charge in [-0.15, -0.1) is 0 Å². The summed E-state index contributed by atoms with van der Waals surface area (Å²) in [6, 6.07) is 15.6. The highest BCUT2D eigenvalue weighted by Gasteiger charge is 2.51. The average Bonchev–Trinajstić information content (AvgIpc) is 3.14. The molecule has 6 rings (SSSR count). The highest BCUT2D eigenvalue weighted by atomic mass is 19.1. The summed E-state index contributed by atoms with van der Waals surface area (Å²) >= 11 is 0. The Kier molecular flexibility index (Phi) is 11.6. The van der Waals surface area contributed by atoms with Crippen LogP contribution in [0.25, 0.3) is 0 Å². The number of hydrogen-bond acceptors (Lipinski definition) is 13. The fraction of sp³-hybridized carbons (Fsp3) is 0.417. The number of amides is 1. The standard InChI is InChI=1S/C36H37F2NO15/c37-17-5-1-15(2-6-17)22(52-36-29(45)25(41)27(43)31(54-36)34(49)50)14-13-21-23(39(32(21)46)19-9-7-18(38)8-10-19)16-3-11-20(12-4-16)51-35-28(44)24(40)26(42)30(53-35)33(47)48/h1-12,21-31,35-36,40-45H,13-14H2,(H,47,48)(H,49,50). The van der Waals surface area contributed by atoms with E-state index in [-0.39, 0.29) is 24.5 Å². The third kappa shape index (κ3) is 7.79. The molecule has 3 saturated heterocycles. The van der Waals surface area contributed by atoms with E-state index in [1.54, 1.807) is 12.1 Å². The molecule has 13 unspecified atom stereocenters. The third-order valence-electron chi connectivity index (χ3n) is 9.70. The monoisotopic (exact) mass is 761 g/mol. The summed E-state index contributed by atoms with van der Waals surface area (Å²) in [6.45, 7) is 0. The predicted molar refractivity (Wildman–Crippen MR) is 175 cm³/mol. The molecule has 3 fully saturated rings. The highest BCUT2D eigenvalue weighted by molar-refractivity contribution is 6.03. The lowest BCUT2D eigenvalue weighted by Gasteiger charge is -2.48. The summed E-state index contributed by atoms with van der Waals surface area (Å²) in [7, 11) is 0. The molecule has 0 saturated carbocycles. The molecule has 54 heavy (non-hydrogen) atoms. The van der Waals surface area contributed by atoms with Crippen LogP contribution in [0.3, 0.4) is 0 Å². The molecule has 16 nitrogen and oxygen atoms in total. The number of rotatable bonds is 12. The molecule has 0 radical (unpaired) electrons. The molecule has 0 aliphatic carbocycles. The molecule has 290 valence electrons. The first kappa shape index (κ1) is 39.1. The number of carbonyl (C=O) groups excluding carboxylic acids is 1. The lowest BCUT2D eigenvalue weighted by Crippen LogP contribution is -2.61. The van der Waals surface area contributed by atoms with E-state index in [0.717, 1.165) is 12.1 Å². The maximum Gasteiger partial charge on any atom is 0.335 e. The van der Waals surface area contributed by atoms with Crippen molar-refractivity contribution in [3.8, 4) is 5.75 Å². The van der Waals surface area contributed by atoms with Crippen LogP contribution in [0.2, 0.25) is 0 Å². The summed E-state index contributed by atoms with van der Waals surface area (Å²) < 4.78 is 49.8. The summed E-state index contributed by atoms with van der Waals surface area (Å²) in [5.74, 6) is -5.39. The number of hydrogen-bond donors (Lipinski definition) is 8. The van der Waals surface area contributed by atoms with E-state index >= 15 is 0 Å². The van der Waals surface area contributed by atoms with Gasteiger partial charge in [0.15, 0.2) is 18.5 Å². The lowest BCUT2D eigenvalue weighted by atomic mass is 9.78. The van der Waals surface area contributed by atoms with Crippen molar-refractivity contribution in [2.75, 3.05) is 4.90 Å². The zero-order valence-corrected chi connectivity index (χ0v) is 28.0. The second kappa shape index (κ2) is 16.0. The van der Waals surface area contributed by atoms with Gasteiger partial charge in [-0.05, 0) is 72.5 Å². The number of carboxylic acids is 2. The number of halogens is 2. The quantitative estimate of drug-likeness (QED) is 0.116. The maximum atomic E-state index is 13.9. The molecule has 0 bridgehead atoms. The first-order valence-electron chi connectivity index (χ1n) is 16.8. The first-order chi connectivity index (χ1) is 25.7. The van der Waals surface area contributed by atoms with Crippen molar-refractivity contribution in [1.82, 2.24) is 0 Å². The minimum atomic E-state index is -1.97. The fourth-order valence-electron chi connectivity index (χ4n) is 6.78. The van der Waals surface area contributed by atoms with Gasteiger partial charge in [-0.3, -0.25) is 4.79 Å². The van der Waals surface area contributed by atoms with Gasteiger partial charge in [-0.2, -0.15) is 0 Å². The molecule has 13 atom stereocenters. The Morgan fingerprint density at radius 3 is 1.72 bits per heavy atom. The van der Waals surface area contributed by atoms with Crippen LogP contribution in [0.4, 0.5) is 14.5 Å². The van der Waals surface area contributed by atoms with Crippen molar-refractivity contribution >= 4 is 23.5 Å². The smallest absolute Gasteiger partial charge is 0.335 e. The first-order valence-corrected chi connectivity index (χ1v) is 16.8. The summed E-state index contributed by atoms with van der Waals surface area (Å²) in [5.41, 5.74) is 1.27. The van der Waals surface area contributed by atoms with Crippen molar-refractivity contribution in [3.63, 3.8) is 0 Å². The number of nitrogens with zero attached hydrogens (tertiary/aromatic N) is 1. The van der Waals surface area contributed by atoms with Gasteiger partial charge in [0.2, 0.25) is 12.2 Å². The molecule has 3 aromatic carbocycles. The second-order valence-electron chi connectivity index (χ2n) is 13.1. The van der Waals surface area contributed by atoms with Gasteiger partial charge in [-0.25, -0.2) is 18.4 Å². The molecule has 3 aromatic rings. The number of carbonyl (C=O) groups is 3. The van der Waals surface area contributed by atoms with Crippen LogP contribution in [-0.4, -0.2) is 120 Å². The number of aliphatic hydroxyl groups excluding tert-OH is 6. The van der Waals surface area contributed by atoms with Crippen LogP contribution in [0, 0.1) is 17.6 Å². The van der Waals surface area contributed by atoms with Crippen molar-refractivity contribution in [2.45, 2.75) is 86.4 Å². The lowest BCUT2D eigenvalue weighted by molar-refractivity contribution is -0.306. The molecule has 3 heterocycles. The van der Waals surface area contributed by atoms with Crippen molar-refractivity contribution in [1.29, 1.82) is 0 Å². The number of ether oxygens (including phenoxy) is 4. The van der Waals surface area contributed by atoms with Crippen LogP contribution in [0.5, 0.6) is 5.75 Å². The maximum absolute atomic E-state index is 13.9. The van der Waals surface area contributed by atoms with Crippen molar-refractivity contribution in [3.05, 3.63) is 95.6 Å². The van der Waals surface area contributed by atoms with Crippen molar-refractivity contribution < 1.29 is 83.0 Å². The largest absolute Gasteiger partial charge is 0.479 e. The number of carboxylic acid groups (broad SMARTS) is 2. The van der Waals surface area contributed by atoms with Gasteiger partial charge in [0.25, 0.3) is 0 Å². The summed E-state index contributed by atoms with van der Waals surface area (Å²) in [6.07, 6.45) is -19.6. The van der Waals surface area contributed by atoms with Gasteiger partial charge in [0.1, 0.15) is 54.0 Å². The van der Waals surface area contributed by atoms with Crippen molar-refractivity contribution in [2.24, 2.45) is 5.92 Å². The number of benzene rings is 3. The van der Waals surface area contributed by atoms with E-state index in [2.05, 4.69) is 0 Å². The van der Waals surface area contributed by atoms with E-state index in [1.165, 1.54) is 53.4 Å². The highest BCUT2D eigenvalue weighted by Crippen LogP contribution is 2.47. The Hall–Kier alpha value is -4.63. The van der Waals surface area contributed by atoms with E-state index in [0.29, 0.717) is 16.8 Å². The normalized spacial score (nSPS) is 33.1. The van der Waals surface area contributed by atoms with E-state index in [1.807, 2.05) is 0 Å². The van der Waals surface area contributed by atoms with E-state index < -0.39 is 103 Å². The SMILES string of the molecule is O=C(O)C1OC(Oc2ccc(C3C(CCC(OC4OC(C(=O)O)C(O)C(O)C4O)c4ccc(F)cc4)C(=O)N3c3ccc(F)cc3)cc2)C(O)C(O)C1O. The number of anilines is 1. The molecule has 18 heteroatoms. The summed E-state index contributed by atoms with van der Waals surface area (Å²) in [5, 5.41) is 80.4. The Balaban J connectivity index is 1.24. The average molecular weight is 762 g/mol. The van der Waals surface area contributed by atoms with Gasteiger partial charge in [0.05, 0.1) is 18.1 Å². The minimum Gasteiger partial charge on any atom is -0.479 e. The van der Waals surface area contributed by atoms with E-state index in [9.17, 15) is 64.0 Å². The molecular formula is C36H37F2NO15. The predicted octanol–water partition coefficient (Wildman–Crippen LogP) is 0.370. The molecule has 3 aliphatic rings. The van der Waals surface area contributed by atoms with Crippen LogP contribution in [-0.2, 0) is 28.6 Å². The zero-order valence-electron chi connectivity index (χ0n) is 28.0. The van der Waals surface area contributed by atoms with Gasteiger partial charge in [0, 0.05) is 5.69 Å². The third-order valence-corrected chi connectivity index (χ3v) is 9.70. The van der Waals surface area contributed by atoms with Gasteiger partial charge >= 0.3 is 11.9 Å². The van der Waals surface area contributed by atoms with Crippen LogP contribution in [0.15, 0.2) is 72.8 Å². The van der Waals surface area contributed by atoms with Crippen LogP contribution < -0.4 is 9.64 Å². The minimum absolute atomic E-state index is 0.00971. The number of β-lactam (4-membered cyclic amide) rings is 1. The van der Waals surface area contributed by atoms with E-state index in [4.69, 9.17) is 18.9 Å². The fourth-order valence-corrected chi connectivity index (χ4v) is 6.78. The topological polar surface area (TPSA) is 253 Å². The Morgan fingerprint density at radius 1 is 0.685 bits per heavy atom. The second-order valence-corrected chi connectivity index (χ2v) is 13.1. The molecule has 8 N–H and O–H groups in total. The number of aliphatic hydroxyl groups is 6. The Morgan fingerprint density at radius 2 is 1.19 bits per heavy atom. The Labute approximate surface area is 304 Å². The number of aliphatic carboxylic acids is 2. The van der Waals surface area contributed by atoms with Crippen LogP contribution in [0.1, 0.15) is 36.1 Å². The molecule has 0 aromatic heterocycles. The zero-order chi connectivity index (χ0) is 39.0. The molecular weight excluding hydrogens is 724 g/mol. The van der Waals surface area contributed by atoms with Crippen LogP contribution >= 0.6 is 0 Å². The van der Waals surface area contributed by atoms with Gasteiger partial charge in [-0.1, -0.05) is 24.3 Å². The molecule has 1 amide bonds. The molecule has 0 spiro atoms. The molecule has 3 aliphatic heterocycles. The summed E-state index contributed by atoms with van der Waals surface area (Å²) in [4.78, 5) is 38.4. The Bertz CT molecular complexity index is 1800.